The van der Waals surface area contributed by atoms with E-state index in [1.54, 1.807) is 12.1 Å². The molecule has 0 spiro atoms. The predicted molar refractivity (Wildman–Crippen MR) is 101 cm³/mol. The summed E-state index contributed by atoms with van der Waals surface area (Å²) >= 11 is 0. The molecule has 3 rings (SSSR count). The second kappa shape index (κ2) is 7.89. The van der Waals surface area contributed by atoms with Crippen molar-refractivity contribution in [1.82, 2.24) is 5.43 Å². The maximum atomic E-state index is 11.8. The molecule has 7 heteroatoms. The minimum absolute atomic E-state index is 0.0294. The van der Waals surface area contributed by atoms with Crippen LogP contribution in [0.4, 0.5) is 11.4 Å². The van der Waals surface area contributed by atoms with Gasteiger partial charge in [0.15, 0.2) is 0 Å². The number of hydrazone groups is 1. The average molecular weight is 348 g/mol. The lowest BCUT2D eigenvalue weighted by Crippen LogP contribution is -2.25. The van der Waals surface area contributed by atoms with Crippen LogP contribution in [0.5, 0.6) is 0 Å². The van der Waals surface area contributed by atoms with Crippen LogP contribution < -0.4 is 10.7 Å². The highest BCUT2D eigenvalue weighted by atomic mass is 16.6. The van der Waals surface area contributed by atoms with Crippen molar-refractivity contribution in [3.63, 3.8) is 0 Å². The third kappa shape index (κ3) is 4.41. The summed E-state index contributed by atoms with van der Waals surface area (Å²) in [5.41, 5.74) is 3.72. The van der Waals surface area contributed by atoms with Crippen molar-refractivity contribution in [3.05, 3.63) is 82.4 Å². The maximum absolute atomic E-state index is 11.8. The van der Waals surface area contributed by atoms with Gasteiger partial charge in [-0.05, 0) is 22.9 Å². The number of nitrogens with one attached hydrogen (secondary N) is 2. The molecule has 3 aromatic carbocycles. The molecule has 7 nitrogen and oxygen atoms in total. The van der Waals surface area contributed by atoms with E-state index >= 15 is 0 Å². The molecule has 0 saturated carbocycles. The number of rotatable bonds is 6. The number of fused-ring (bicyclic) bond motifs is 1. The summed E-state index contributed by atoms with van der Waals surface area (Å²) in [6.45, 7) is 0.0601. The summed E-state index contributed by atoms with van der Waals surface area (Å²) < 4.78 is 0. The molecule has 0 radical (unpaired) electrons. The molecule has 0 bridgehead atoms. The van der Waals surface area contributed by atoms with E-state index in [4.69, 9.17) is 0 Å². The summed E-state index contributed by atoms with van der Waals surface area (Å²) in [6, 6.07) is 19.8. The summed E-state index contributed by atoms with van der Waals surface area (Å²) in [5.74, 6) is -0.320. The zero-order valence-corrected chi connectivity index (χ0v) is 13.8. The number of amides is 1. The summed E-state index contributed by atoms with van der Waals surface area (Å²) in [4.78, 5) is 22.1. The van der Waals surface area contributed by atoms with Crippen molar-refractivity contribution in [2.75, 3.05) is 11.9 Å². The summed E-state index contributed by atoms with van der Waals surface area (Å²) in [6.07, 6.45) is 1.36. The molecule has 1 amide bonds. The Morgan fingerprint density at radius 2 is 1.85 bits per heavy atom. The van der Waals surface area contributed by atoms with E-state index in [1.807, 2.05) is 42.5 Å². The number of carbonyl (C=O) groups is 1. The zero-order chi connectivity index (χ0) is 18.4. The second-order valence-corrected chi connectivity index (χ2v) is 5.56. The highest BCUT2D eigenvalue weighted by molar-refractivity contribution is 5.87. The van der Waals surface area contributed by atoms with Gasteiger partial charge in [0.05, 0.1) is 17.7 Å². The van der Waals surface area contributed by atoms with Gasteiger partial charge in [0, 0.05) is 23.4 Å². The number of hydrogen-bond donors (Lipinski definition) is 2. The fourth-order valence-corrected chi connectivity index (χ4v) is 2.42. The van der Waals surface area contributed by atoms with Crippen molar-refractivity contribution >= 4 is 34.3 Å². The van der Waals surface area contributed by atoms with Gasteiger partial charge in [-0.3, -0.25) is 14.9 Å². The Balaban J connectivity index is 1.53. The maximum Gasteiger partial charge on any atom is 0.270 e. The molecule has 26 heavy (non-hydrogen) atoms. The van der Waals surface area contributed by atoms with Crippen molar-refractivity contribution < 1.29 is 9.72 Å². The summed E-state index contributed by atoms with van der Waals surface area (Å²) in [5, 5.41) is 19.8. The molecular formula is C19H16N4O3. The van der Waals surface area contributed by atoms with Crippen molar-refractivity contribution in [2.45, 2.75) is 0 Å². The molecule has 2 N–H and O–H groups in total. The van der Waals surface area contributed by atoms with E-state index in [2.05, 4.69) is 15.8 Å². The Labute approximate surface area is 149 Å². The van der Waals surface area contributed by atoms with E-state index in [1.165, 1.54) is 18.3 Å². The first-order valence-corrected chi connectivity index (χ1v) is 7.91. The fraction of sp³-hybridized carbons (Fsp3) is 0.0526. The smallest absolute Gasteiger partial charge is 0.270 e. The van der Waals surface area contributed by atoms with Crippen LogP contribution in [0.25, 0.3) is 10.8 Å². The Hall–Kier alpha value is -3.74. The monoisotopic (exact) mass is 348 g/mol. The van der Waals surface area contributed by atoms with Crippen LogP contribution in [-0.4, -0.2) is 23.6 Å². The van der Waals surface area contributed by atoms with Gasteiger partial charge in [-0.2, -0.15) is 5.10 Å². The minimum Gasteiger partial charge on any atom is -0.376 e. The molecule has 0 atom stereocenters. The van der Waals surface area contributed by atoms with Crippen LogP contribution in [0, 0.1) is 10.1 Å². The zero-order valence-electron chi connectivity index (χ0n) is 13.8. The van der Waals surface area contributed by atoms with Crippen LogP contribution in [0.3, 0.4) is 0 Å². The third-order valence-corrected chi connectivity index (χ3v) is 3.69. The molecule has 0 aliphatic heterocycles. The Morgan fingerprint density at radius 1 is 1.04 bits per heavy atom. The highest BCUT2D eigenvalue weighted by Crippen LogP contribution is 2.18. The van der Waals surface area contributed by atoms with Crippen molar-refractivity contribution in [2.24, 2.45) is 5.10 Å². The Kier molecular flexibility index (Phi) is 5.19. The van der Waals surface area contributed by atoms with E-state index in [-0.39, 0.29) is 18.1 Å². The lowest BCUT2D eigenvalue weighted by Gasteiger charge is -2.06. The quantitative estimate of drug-likeness (QED) is 0.406. The van der Waals surface area contributed by atoms with E-state index < -0.39 is 4.92 Å². The minimum atomic E-state index is -0.483. The Morgan fingerprint density at radius 3 is 2.65 bits per heavy atom. The van der Waals surface area contributed by atoms with Gasteiger partial charge in [0.2, 0.25) is 0 Å². The summed E-state index contributed by atoms with van der Waals surface area (Å²) in [7, 11) is 0. The first-order valence-electron chi connectivity index (χ1n) is 7.91. The molecular weight excluding hydrogens is 332 g/mol. The molecule has 0 saturated heterocycles. The van der Waals surface area contributed by atoms with Gasteiger partial charge in [-0.15, -0.1) is 0 Å². The van der Waals surface area contributed by atoms with Crippen molar-refractivity contribution in [3.8, 4) is 0 Å². The lowest BCUT2D eigenvalue weighted by molar-refractivity contribution is -0.384. The SMILES string of the molecule is O=C(CNc1ccc2ccccc2c1)N/N=C\c1cccc([N+](=O)[O-])c1. The number of benzene rings is 3. The van der Waals surface area contributed by atoms with E-state index in [0.29, 0.717) is 5.56 Å². The predicted octanol–water partition coefficient (Wildman–Crippen LogP) is 3.31. The largest absolute Gasteiger partial charge is 0.376 e. The van der Waals surface area contributed by atoms with Crippen LogP contribution in [0.2, 0.25) is 0 Å². The first-order chi connectivity index (χ1) is 12.6. The fourth-order valence-electron chi connectivity index (χ4n) is 2.42. The van der Waals surface area contributed by atoms with E-state index in [9.17, 15) is 14.9 Å². The van der Waals surface area contributed by atoms with Gasteiger partial charge >= 0.3 is 0 Å². The normalized spacial score (nSPS) is 10.8. The number of carbonyl (C=O) groups excluding carboxylic acids is 1. The van der Waals surface area contributed by atoms with Crippen LogP contribution in [0.1, 0.15) is 5.56 Å². The van der Waals surface area contributed by atoms with Crippen LogP contribution >= 0.6 is 0 Å². The number of nitro groups is 1. The number of anilines is 1. The molecule has 0 aliphatic rings. The van der Waals surface area contributed by atoms with Gasteiger partial charge in [0.25, 0.3) is 11.6 Å². The molecule has 0 unspecified atom stereocenters. The van der Waals surface area contributed by atoms with Crippen LogP contribution in [-0.2, 0) is 4.79 Å². The third-order valence-electron chi connectivity index (χ3n) is 3.69. The number of non-ortho nitro benzene ring substituents is 1. The first kappa shape index (κ1) is 17.1. The van der Waals surface area contributed by atoms with Gasteiger partial charge in [0.1, 0.15) is 0 Å². The van der Waals surface area contributed by atoms with Gasteiger partial charge in [-0.25, -0.2) is 5.43 Å². The standard InChI is InChI=1S/C19H16N4O3/c24-19(22-21-12-14-4-3-7-18(10-14)23(25)26)13-20-17-9-8-15-5-1-2-6-16(15)11-17/h1-12,20H,13H2,(H,22,24)/b21-12-. The Bertz CT molecular complexity index is 985. The molecule has 0 aromatic heterocycles. The second-order valence-electron chi connectivity index (χ2n) is 5.56. The topological polar surface area (TPSA) is 96.6 Å². The number of hydrogen-bond acceptors (Lipinski definition) is 5. The molecule has 0 heterocycles. The number of nitro benzene ring substituents is 1. The average Bonchev–Trinajstić information content (AvgIpc) is 2.66. The molecule has 3 aromatic rings. The van der Waals surface area contributed by atoms with Gasteiger partial charge < -0.3 is 5.32 Å². The molecule has 130 valence electrons. The molecule has 0 fully saturated rings. The van der Waals surface area contributed by atoms with Crippen LogP contribution in [0.15, 0.2) is 71.8 Å². The number of nitrogens with zero attached hydrogens (tertiary/aromatic N) is 2. The van der Waals surface area contributed by atoms with E-state index in [0.717, 1.165) is 16.5 Å². The lowest BCUT2D eigenvalue weighted by atomic mass is 10.1. The molecule has 0 aliphatic carbocycles. The van der Waals surface area contributed by atoms with Crippen molar-refractivity contribution in [1.29, 1.82) is 0 Å². The van der Waals surface area contributed by atoms with Gasteiger partial charge in [-0.1, -0.05) is 42.5 Å². The highest BCUT2D eigenvalue weighted by Gasteiger charge is 2.04.